The second-order valence-electron chi connectivity index (χ2n) is 4.75. The summed E-state index contributed by atoms with van der Waals surface area (Å²) in [7, 11) is -0.282. The molecule has 0 atom stereocenters. The summed E-state index contributed by atoms with van der Waals surface area (Å²) in [6.45, 7) is 4.08. The maximum atomic E-state index is 9.01. The molecule has 1 aliphatic carbocycles. The van der Waals surface area contributed by atoms with Crippen molar-refractivity contribution in [2.75, 3.05) is 0 Å². The molecule has 0 saturated heterocycles. The molecule has 0 radical (unpaired) electrons. The van der Waals surface area contributed by atoms with E-state index in [2.05, 4.69) is 0 Å². The van der Waals surface area contributed by atoms with Crippen LogP contribution in [0.2, 0.25) is 0 Å². The lowest BCUT2D eigenvalue weighted by Gasteiger charge is -2.17. The third-order valence-electron chi connectivity index (χ3n) is 2.67. The average molecular weight is 234 g/mol. The van der Waals surface area contributed by atoms with Gasteiger partial charge in [-0.1, -0.05) is 24.3 Å². The highest BCUT2D eigenvalue weighted by Gasteiger charge is 2.32. The molecule has 1 aromatic rings. The van der Waals surface area contributed by atoms with Gasteiger partial charge in [0.2, 0.25) is 0 Å². The first-order chi connectivity index (χ1) is 8.19. The largest absolute Gasteiger partial charge is 0.494 e. The van der Waals surface area contributed by atoms with Gasteiger partial charge in [0, 0.05) is 12.2 Å². The van der Waals surface area contributed by atoms with Crippen molar-refractivity contribution in [3.63, 3.8) is 0 Å². The number of rotatable bonds is 6. The summed E-state index contributed by atoms with van der Waals surface area (Å²) >= 11 is 0. The number of hydrogen-bond acceptors (Lipinski definition) is 3. The topological polar surface area (TPSA) is 38.7 Å². The van der Waals surface area contributed by atoms with Crippen LogP contribution >= 0.6 is 0 Å². The fourth-order valence-electron chi connectivity index (χ4n) is 1.60. The minimum Gasteiger partial charge on any atom is -0.405 e. The third kappa shape index (κ3) is 3.84. The molecular weight excluding hydrogens is 215 g/mol. The molecule has 4 heteroatoms. The molecule has 0 heterocycles. The van der Waals surface area contributed by atoms with Gasteiger partial charge in [0.1, 0.15) is 0 Å². The Morgan fingerprint density at radius 1 is 1.29 bits per heavy atom. The second-order valence-corrected chi connectivity index (χ2v) is 4.75. The summed E-state index contributed by atoms with van der Waals surface area (Å²) in [5, 5.41) is 9.01. The van der Waals surface area contributed by atoms with E-state index >= 15 is 0 Å². The smallest absolute Gasteiger partial charge is 0.405 e. The Balaban J connectivity index is 2.05. The predicted molar refractivity (Wildman–Crippen MR) is 68.1 cm³/mol. The van der Waals surface area contributed by atoms with Crippen molar-refractivity contribution in [3.05, 3.63) is 29.8 Å². The van der Waals surface area contributed by atoms with Crippen LogP contribution in [0.25, 0.3) is 0 Å². The van der Waals surface area contributed by atoms with Crippen LogP contribution in [-0.4, -0.2) is 24.4 Å². The molecule has 0 bridgehead atoms. The van der Waals surface area contributed by atoms with E-state index < -0.39 is 0 Å². The number of aliphatic hydroxyl groups excluding tert-OH is 1. The van der Waals surface area contributed by atoms with Gasteiger partial charge in [-0.25, -0.2) is 0 Å². The molecule has 0 amide bonds. The second kappa shape index (κ2) is 5.67. The van der Waals surface area contributed by atoms with Crippen LogP contribution in [0, 0.1) is 0 Å². The van der Waals surface area contributed by atoms with Crippen molar-refractivity contribution in [1.82, 2.24) is 0 Å². The van der Waals surface area contributed by atoms with Gasteiger partial charge in [0.15, 0.2) is 0 Å². The normalized spacial score (nSPS) is 15.3. The molecule has 0 aliphatic heterocycles. The van der Waals surface area contributed by atoms with E-state index in [0.29, 0.717) is 6.10 Å². The minimum atomic E-state index is -0.282. The highest BCUT2D eigenvalue weighted by Crippen LogP contribution is 2.24. The Morgan fingerprint density at radius 2 is 1.94 bits per heavy atom. The fourth-order valence-corrected chi connectivity index (χ4v) is 1.60. The van der Waals surface area contributed by atoms with Gasteiger partial charge in [-0.15, -0.1) is 0 Å². The van der Waals surface area contributed by atoms with Gasteiger partial charge in [0.05, 0.1) is 6.61 Å². The van der Waals surface area contributed by atoms with E-state index in [-0.39, 0.29) is 19.8 Å². The zero-order chi connectivity index (χ0) is 12.3. The summed E-state index contributed by atoms with van der Waals surface area (Å²) < 4.78 is 11.6. The first kappa shape index (κ1) is 12.6. The molecule has 1 N–H and O–H groups in total. The predicted octanol–water partition coefficient (Wildman–Crippen LogP) is 1.48. The van der Waals surface area contributed by atoms with E-state index in [1.165, 1.54) is 0 Å². The standard InChI is InChI=1S/C13H19BO3/c1-10(2)16-14(17-13-7-8-13)12-5-3-11(9-15)4-6-12/h3-6,10,13,15H,7-9H2,1-2H3. The van der Waals surface area contributed by atoms with E-state index in [4.69, 9.17) is 14.4 Å². The first-order valence-corrected chi connectivity index (χ1v) is 6.19. The van der Waals surface area contributed by atoms with Gasteiger partial charge in [-0.2, -0.15) is 0 Å². The third-order valence-corrected chi connectivity index (χ3v) is 2.67. The zero-order valence-electron chi connectivity index (χ0n) is 10.4. The summed E-state index contributed by atoms with van der Waals surface area (Å²) in [4.78, 5) is 0. The van der Waals surface area contributed by atoms with Gasteiger partial charge >= 0.3 is 7.12 Å². The zero-order valence-corrected chi connectivity index (χ0v) is 10.4. The molecule has 92 valence electrons. The van der Waals surface area contributed by atoms with Crippen molar-refractivity contribution in [1.29, 1.82) is 0 Å². The Hall–Kier alpha value is -0.835. The Labute approximate surface area is 103 Å². The van der Waals surface area contributed by atoms with E-state index in [9.17, 15) is 0 Å². The van der Waals surface area contributed by atoms with Crippen molar-refractivity contribution < 1.29 is 14.4 Å². The van der Waals surface area contributed by atoms with Crippen molar-refractivity contribution in [2.45, 2.75) is 45.5 Å². The quantitative estimate of drug-likeness (QED) is 0.757. The van der Waals surface area contributed by atoms with Crippen LogP contribution in [-0.2, 0) is 15.9 Å². The molecule has 3 nitrogen and oxygen atoms in total. The van der Waals surface area contributed by atoms with E-state index in [0.717, 1.165) is 23.9 Å². The SMILES string of the molecule is CC(C)OB(OC1CC1)c1ccc(CO)cc1. The van der Waals surface area contributed by atoms with Crippen molar-refractivity contribution in [2.24, 2.45) is 0 Å². The van der Waals surface area contributed by atoms with Gasteiger partial charge in [-0.3, -0.25) is 0 Å². The van der Waals surface area contributed by atoms with Crippen LogP contribution in [0.5, 0.6) is 0 Å². The average Bonchev–Trinajstić information content (AvgIpc) is 3.12. The molecule has 0 spiro atoms. The lowest BCUT2D eigenvalue weighted by atomic mass is 9.78. The molecule has 2 rings (SSSR count). The Kier molecular flexibility index (Phi) is 4.21. The van der Waals surface area contributed by atoms with Crippen LogP contribution in [0.15, 0.2) is 24.3 Å². The fraction of sp³-hybridized carbons (Fsp3) is 0.538. The van der Waals surface area contributed by atoms with Crippen molar-refractivity contribution >= 4 is 12.6 Å². The molecule has 0 aromatic heterocycles. The molecule has 1 aliphatic rings. The maximum absolute atomic E-state index is 9.01. The number of aliphatic hydroxyl groups is 1. The van der Waals surface area contributed by atoms with Gasteiger partial charge in [-0.05, 0) is 37.7 Å². The maximum Gasteiger partial charge on any atom is 0.494 e. The van der Waals surface area contributed by atoms with E-state index in [1.54, 1.807) is 0 Å². The van der Waals surface area contributed by atoms with Crippen molar-refractivity contribution in [3.8, 4) is 0 Å². The number of hydrogen-bond donors (Lipinski definition) is 1. The van der Waals surface area contributed by atoms with E-state index in [1.807, 2.05) is 38.1 Å². The van der Waals surface area contributed by atoms with Crippen LogP contribution in [0.3, 0.4) is 0 Å². The van der Waals surface area contributed by atoms with Gasteiger partial charge in [0.25, 0.3) is 0 Å². The molecule has 1 aromatic carbocycles. The number of benzene rings is 1. The minimum absolute atomic E-state index is 0.0689. The molecular formula is C13H19BO3. The monoisotopic (exact) mass is 234 g/mol. The Morgan fingerprint density at radius 3 is 2.41 bits per heavy atom. The Bertz CT molecular complexity index is 342. The summed E-state index contributed by atoms with van der Waals surface area (Å²) in [6, 6.07) is 7.73. The van der Waals surface area contributed by atoms with Gasteiger partial charge < -0.3 is 14.4 Å². The molecule has 17 heavy (non-hydrogen) atoms. The van der Waals surface area contributed by atoms with Crippen LogP contribution < -0.4 is 5.46 Å². The summed E-state index contributed by atoms with van der Waals surface area (Å²) in [5.74, 6) is 0. The highest BCUT2D eigenvalue weighted by atomic mass is 16.6. The first-order valence-electron chi connectivity index (χ1n) is 6.19. The highest BCUT2D eigenvalue weighted by molar-refractivity contribution is 6.61. The summed E-state index contributed by atoms with van der Waals surface area (Å²) in [5.41, 5.74) is 1.92. The lowest BCUT2D eigenvalue weighted by Crippen LogP contribution is -2.39. The molecule has 0 unspecified atom stereocenters. The lowest BCUT2D eigenvalue weighted by molar-refractivity contribution is 0.161. The summed E-state index contributed by atoms with van der Waals surface area (Å²) in [6.07, 6.45) is 2.76. The molecule has 1 saturated carbocycles. The van der Waals surface area contributed by atoms with Crippen LogP contribution in [0.4, 0.5) is 0 Å². The molecule has 1 fully saturated rings. The van der Waals surface area contributed by atoms with Crippen LogP contribution in [0.1, 0.15) is 32.3 Å².